The highest BCUT2D eigenvalue weighted by molar-refractivity contribution is 5.77. The number of anilines is 1. The van der Waals surface area contributed by atoms with Gasteiger partial charge in [-0.15, -0.1) is 0 Å². The van der Waals surface area contributed by atoms with Crippen LogP contribution in [0.4, 0.5) is 10.2 Å². The van der Waals surface area contributed by atoms with Gasteiger partial charge in [0, 0.05) is 19.3 Å². The van der Waals surface area contributed by atoms with Crippen molar-refractivity contribution in [3.05, 3.63) is 59.5 Å². The van der Waals surface area contributed by atoms with E-state index >= 15 is 0 Å². The van der Waals surface area contributed by atoms with E-state index in [1.807, 2.05) is 24.0 Å². The molecule has 0 aliphatic carbocycles. The predicted octanol–water partition coefficient (Wildman–Crippen LogP) is 2.41. The van der Waals surface area contributed by atoms with Crippen LogP contribution in [0.1, 0.15) is 17.5 Å². The maximum atomic E-state index is 13.1. The van der Waals surface area contributed by atoms with Gasteiger partial charge in [-0.05, 0) is 55.2 Å². The Bertz CT molecular complexity index is 766. The highest BCUT2D eigenvalue weighted by atomic mass is 19.1. The lowest BCUT2D eigenvalue weighted by molar-refractivity contribution is -0.157. The minimum atomic E-state index is -1.36. The van der Waals surface area contributed by atoms with E-state index in [1.54, 1.807) is 18.3 Å². The first-order valence-electron chi connectivity index (χ1n) is 8.24. The van der Waals surface area contributed by atoms with Crippen molar-refractivity contribution in [3.63, 3.8) is 0 Å². The number of carboxylic acid groups (broad SMARTS) is 1. The predicted molar refractivity (Wildman–Crippen MR) is 92.0 cm³/mol. The molecule has 1 aromatic carbocycles. The summed E-state index contributed by atoms with van der Waals surface area (Å²) in [5, 5.41) is 20.4. The summed E-state index contributed by atoms with van der Waals surface area (Å²) >= 11 is 0. The van der Waals surface area contributed by atoms with Gasteiger partial charge in [0.05, 0.1) is 6.10 Å². The summed E-state index contributed by atoms with van der Waals surface area (Å²) in [6, 6.07) is 9.53. The second-order valence-corrected chi connectivity index (χ2v) is 6.68. The summed E-state index contributed by atoms with van der Waals surface area (Å²) in [4.78, 5) is 18.4. The number of carbonyl (C=O) groups is 1. The number of halogens is 1. The lowest BCUT2D eigenvalue weighted by Crippen LogP contribution is -2.57. The molecular weight excluding hydrogens is 323 g/mol. The van der Waals surface area contributed by atoms with Gasteiger partial charge in [0.1, 0.15) is 17.1 Å². The molecule has 1 aromatic heterocycles. The van der Waals surface area contributed by atoms with Crippen LogP contribution in [0.5, 0.6) is 0 Å². The summed E-state index contributed by atoms with van der Waals surface area (Å²) in [5.74, 6) is -0.721. The number of carboxylic acids is 1. The minimum Gasteiger partial charge on any atom is -0.481 e. The van der Waals surface area contributed by atoms with Crippen molar-refractivity contribution < 1.29 is 19.4 Å². The zero-order valence-electron chi connectivity index (χ0n) is 14.0. The molecule has 0 radical (unpaired) electrons. The van der Waals surface area contributed by atoms with Crippen LogP contribution < -0.4 is 4.90 Å². The van der Waals surface area contributed by atoms with Crippen molar-refractivity contribution in [1.82, 2.24) is 4.98 Å². The molecule has 0 amide bonds. The van der Waals surface area contributed by atoms with Gasteiger partial charge >= 0.3 is 5.97 Å². The first kappa shape index (κ1) is 17.4. The van der Waals surface area contributed by atoms with Crippen LogP contribution in [-0.4, -0.2) is 40.4 Å². The summed E-state index contributed by atoms with van der Waals surface area (Å²) in [7, 11) is 0. The summed E-state index contributed by atoms with van der Waals surface area (Å²) in [5.41, 5.74) is 0.360. The average Bonchev–Trinajstić information content (AvgIpc) is 2.58. The molecule has 25 heavy (non-hydrogen) atoms. The Labute approximate surface area is 145 Å². The Balaban J connectivity index is 1.92. The molecule has 1 aliphatic heterocycles. The van der Waals surface area contributed by atoms with Crippen molar-refractivity contribution in [1.29, 1.82) is 0 Å². The Morgan fingerprint density at radius 2 is 2.08 bits per heavy atom. The van der Waals surface area contributed by atoms with Crippen LogP contribution >= 0.6 is 0 Å². The third-order valence-corrected chi connectivity index (χ3v) is 4.87. The van der Waals surface area contributed by atoms with Crippen LogP contribution in [0.3, 0.4) is 0 Å². The fourth-order valence-electron chi connectivity index (χ4n) is 3.39. The SMILES string of the molecule is Cc1ccnc(N2CC[C@@H](O)[C@](Cc3ccc(F)cc3)(C(=O)O)C2)c1. The highest BCUT2D eigenvalue weighted by Crippen LogP contribution is 2.36. The number of benzene rings is 1. The zero-order chi connectivity index (χ0) is 18.0. The van der Waals surface area contributed by atoms with Gasteiger partial charge in [0.25, 0.3) is 0 Å². The third kappa shape index (κ3) is 3.49. The molecule has 2 atom stereocenters. The molecule has 3 rings (SSSR count). The summed E-state index contributed by atoms with van der Waals surface area (Å²) in [6.45, 7) is 2.64. The van der Waals surface area contributed by atoms with Crippen molar-refractivity contribution in [2.24, 2.45) is 5.41 Å². The second-order valence-electron chi connectivity index (χ2n) is 6.68. The summed E-state index contributed by atoms with van der Waals surface area (Å²) in [6.07, 6.45) is 1.18. The number of hydrogen-bond acceptors (Lipinski definition) is 4. The number of aliphatic hydroxyl groups is 1. The lowest BCUT2D eigenvalue weighted by Gasteiger charge is -2.44. The van der Waals surface area contributed by atoms with Crippen LogP contribution in [0.25, 0.3) is 0 Å². The number of aliphatic carboxylic acids is 1. The van der Waals surface area contributed by atoms with Crippen LogP contribution in [0, 0.1) is 18.2 Å². The molecule has 6 heteroatoms. The maximum Gasteiger partial charge on any atom is 0.314 e. The Hall–Kier alpha value is -2.47. The number of pyridine rings is 1. The minimum absolute atomic E-state index is 0.131. The van der Waals surface area contributed by atoms with Gasteiger partial charge in [-0.25, -0.2) is 9.37 Å². The van der Waals surface area contributed by atoms with Gasteiger partial charge < -0.3 is 15.1 Å². The topological polar surface area (TPSA) is 73.7 Å². The van der Waals surface area contributed by atoms with Gasteiger partial charge in [-0.3, -0.25) is 4.79 Å². The number of aliphatic hydroxyl groups excluding tert-OH is 1. The summed E-state index contributed by atoms with van der Waals surface area (Å²) < 4.78 is 13.1. The highest BCUT2D eigenvalue weighted by Gasteiger charge is 2.49. The van der Waals surface area contributed by atoms with E-state index in [-0.39, 0.29) is 18.8 Å². The molecule has 0 spiro atoms. The smallest absolute Gasteiger partial charge is 0.314 e. The molecular formula is C19H21FN2O3. The Kier molecular flexibility index (Phi) is 4.72. The van der Waals surface area contributed by atoms with Crippen LogP contribution in [-0.2, 0) is 11.2 Å². The Morgan fingerprint density at radius 3 is 2.72 bits per heavy atom. The van der Waals surface area contributed by atoms with Gasteiger partial charge in [0.2, 0.25) is 0 Å². The molecule has 5 nitrogen and oxygen atoms in total. The van der Waals surface area contributed by atoms with E-state index in [0.29, 0.717) is 24.3 Å². The van der Waals surface area contributed by atoms with E-state index in [0.717, 1.165) is 5.56 Å². The van der Waals surface area contributed by atoms with E-state index in [9.17, 15) is 19.4 Å². The van der Waals surface area contributed by atoms with Gasteiger partial charge in [-0.2, -0.15) is 0 Å². The fraction of sp³-hybridized carbons (Fsp3) is 0.368. The normalized spacial score (nSPS) is 23.5. The first-order valence-corrected chi connectivity index (χ1v) is 8.24. The van der Waals surface area contributed by atoms with E-state index < -0.39 is 17.5 Å². The average molecular weight is 344 g/mol. The molecule has 1 aliphatic rings. The molecule has 132 valence electrons. The molecule has 1 fully saturated rings. The molecule has 0 unspecified atom stereocenters. The number of hydrogen-bond donors (Lipinski definition) is 2. The zero-order valence-corrected chi connectivity index (χ0v) is 14.0. The van der Waals surface area contributed by atoms with Crippen LogP contribution in [0.15, 0.2) is 42.6 Å². The molecule has 0 saturated carbocycles. The molecule has 0 bridgehead atoms. The number of piperidine rings is 1. The van der Waals surface area contributed by atoms with E-state index in [1.165, 1.54) is 12.1 Å². The fourth-order valence-corrected chi connectivity index (χ4v) is 3.39. The number of rotatable bonds is 4. The first-order chi connectivity index (χ1) is 11.9. The van der Waals surface area contributed by atoms with Crippen molar-refractivity contribution in [2.75, 3.05) is 18.0 Å². The maximum absolute atomic E-state index is 13.1. The standard InChI is InChI=1S/C19H21FN2O3/c1-13-6-8-21-17(10-13)22-9-7-16(23)19(12-22,18(24)25)11-14-2-4-15(20)5-3-14/h2-6,8,10,16,23H,7,9,11-12H2,1H3,(H,24,25)/t16-,19-/m1/s1. The quantitative estimate of drug-likeness (QED) is 0.891. The largest absolute Gasteiger partial charge is 0.481 e. The number of aromatic nitrogens is 1. The van der Waals surface area contributed by atoms with Crippen molar-refractivity contribution in [2.45, 2.75) is 25.9 Å². The third-order valence-electron chi connectivity index (χ3n) is 4.87. The second kappa shape index (κ2) is 6.80. The number of nitrogens with zero attached hydrogens (tertiary/aromatic N) is 2. The van der Waals surface area contributed by atoms with Gasteiger partial charge in [-0.1, -0.05) is 12.1 Å². The van der Waals surface area contributed by atoms with E-state index in [2.05, 4.69) is 4.98 Å². The van der Waals surface area contributed by atoms with Crippen molar-refractivity contribution in [3.8, 4) is 0 Å². The Morgan fingerprint density at radius 1 is 1.36 bits per heavy atom. The molecule has 2 N–H and O–H groups in total. The van der Waals surface area contributed by atoms with Crippen molar-refractivity contribution >= 4 is 11.8 Å². The molecule has 1 saturated heterocycles. The van der Waals surface area contributed by atoms with Gasteiger partial charge in [0.15, 0.2) is 0 Å². The molecule has 2 heterocycles. The lowest BCUT2D eigenvalue weighted by atomic mass is 9.73. The monoisotopic (exact) mass is 344 g/mol. The van der Waals surface area contributed by atoms with E-state index in [4.69, 9.17) is 0 Å². The number of aryl methyl sites for hydroxylation is 1. The molecule has 2 aromatic rings. The van der Waals surface area contributed by atoms with Crippen LogP contribution in [0.2, 0.25) is 0 Å².